The maximum atomic E-state index is 9.32. The largest absolute Gasteiger partial charge is 0.395 e. The minimum Gasteiger partial charge on any atom is -0.395 e. The summed E-state index contributed by atoms with van der Waals surface area (Å²) in [5, 5.41) is 18.6. The number of unbranched alkanes of at least 4 members (excludes halogenated alkanes) is 1. The fourth-order valence-corrected chi connectivity index (χ4v) is 3.18. The summed E-state index contributed by atoms with van der Waals surface area (Å²) >= 11 is 0. The second kappa shape index (κ2) is 14.6. The molecule has 5 heteroatoms. The van der Waals surface area contributed by atoms with Gasteiger partial charge in [-0.3, -0.25) is 9.80 Å². The fourth-order valence-electron chi connectivity index (χ4n) is 3.18. The van der Waals surface area contributed by atoms with Gasteiger partial charge in [-0.15, -0.1) is 12.4 Å². The summed E-state index contributed by atoms with van der Waals surface area (Å²) < 4.78 is 0. The van der Waals surface area contributed by atoms with E-state index in [0.29, 0.717) is 13.1 Å². The van der Waals surface area contributed by atoms with Gasteiger partial charge in [0.25, 0.3) is 0 Å². The number of hydrogen-bond acceptors (Lipinski definition) is 4. The standard InChI is InChI=1S/C22H32N2O2.ClH/c25-17-15-23(19-21-9-3-1-4-10-21)13-7-8-14-24(16-18-26)20-22-11-5-2-6-12-22;/h1-6,9-12,25-26H,7-8,13-20H2;1H. The molecule has 0 amide bonds. The Morgan fingerprint density at radius 3 is 1.26 bits per heavy atom. The molecule has 0 spiro atoms. The predicted molar refractivity (Wildman–Crippen MR) is 114 cm³/mol. The molecule has 0 heterocycles. The molecule has 0 bridgehead atoms. The Morgan fingerprint density at radius 2 is 0.926 bits per heavy atom. The van der Waals surface area contributed by atoms with Gasteiger partial charge in [0, 0.05) is 26.2 Å². The van der Waals surface area contributed by atoms with Gasteiger partial charge in [0.05, 0.1) is 13.2 Å². The molecule has 0 atom stereocenters. The van der Waals surface area contributed by atoms with Crippen molar-refractivity contribution in [1.82, 2.24) is 9.80 Å². The second-order valence-corrected chi connectivity index (χ2v) is 6.68. The zero-order valence-electron chi connectivity index (χ0n) is 16.0. The molecule has 2 aromatic carbocycles. The molecule has 0 saturated carbocycles. The minimum atomic E-state index is 0. The van der Waals surface area contributed by atoms with Crippen molar-refractivity contribution in [3.63, 3.8) is 0 Å². The number of nitrogens with zero attached hydrogens (tertiary/aromatic N) is 2. The molecule has 0 fully saturated rings. The Kier molecular flexibility index (Phi) is 12.8. The average Bonchev–Trinajstić information content (AvgIpc) is 2.67. The molecule has 2 aromatic rings. The number of aliphatic hydroxyl groups is 2. The van der Waals surface area contributed by atoms with Crippen molar-refractivity contribution in [1.29, 1.82) is 0 Å². The monoisotopic (exact) mass is 392 g/mol. The van der Waals surface area contributed by atoms with Crippen LogP contribution in [-0.4, -0.2) is 59.4 Å². The highest BCUT2D eigenvalue weighted by Crippen LogP contribution is 2.08. The lowest BCUT2D eigenvalue weighted by atomic mass is 10.2. The summed E-state index contributed by atoms with van der Waals surface area (Å²) in [6.45, 7) is 5.52. The normalized spacial score (nSPS) is 11.0. The summed E-state index contributed by atoms with van der Waals surface area (Å²) in [4.78, 5) is 4.62. The van der Waals surface area contributed by atoms with Crippen LogP contribution in [0.3, 0.4) is 0 Å². The van der Waals surface area contributed by atoms with Crippen molar-refractivity contribution in [3.05, 3.63) is 71.8 Å². The van der Waals surface area contributed by atoms with Gasteiger partial charge >= 0.3 is 0 Å². The van der Waals surface area contributed by atoms with E-state index in [1.807, 2.05) is 12.1 Å². The Labute approximate surface area is 169 Å². The topological polar surface area (TPSA) is 46.9 Å². The Balaban J connectivity index is 0.00000364. The van der Waals surface area contributed by atoms with Crippen LogP contribution in [0.25, 0.3) is 0 Å². The van der Waals surface area contributed by atoms with Crippen LogP contribution in [0.15, 0.2) is 60.7 Å². The number of hydrogen-bond donors (Lipinski definition) is 2. The highest BCUT2D eigenvalue weighted by molar-refractivity contribution is 5.85. The van der Waals surface area contributed by atoms with Gasteiger partial charge in [-0.2, -0.15) is 0 Å². The molecule has 150 valence electrons. The van der Waals surface area contributed by atoms with E-state index in [1.54, 1.807) is 0 Å². The first-order chi connectivity index (χ1) is 12.8. The number of benzene rings is 2. The van der Waals surface area contributed by atoms with Crippen LogP contribution < -0.4 is 0 Å². The van der Waals surface area contributed by atoms with Gasteiger partial charge in [0.2, 0.25) is 0 Å². The van der Waals surface area contributed by atoms with Crippen LogP contribution in [0.5, 0.6) is 0 Å². The highest BCUT2D eigenvalue weighted by atomic mass is 35.5. The smallest absolute Gasteiger partial charge is 0.0558 e. The zero-order valence-corrected chi connectivity index (χ0v) is 16.9. The summed E-state index contributed by atoms with van der Waals surface area (Å²) in [6, 6.07) is 20.8. The van der Waals surface area contributed by atoms with Crippen molar-refractivity contribution in [2.75, 3.05) is 39.4 Å². The van der Waals surface area contributed by atoms with Gasteiger partial charge in [-0.1, -0.05) is 60.7 Å². The Bertz CT molecular complexity index is 530. The lowest BCUT2D eigenvalue weighted by Crippen LogP contribution is -2.30. The maximum Gasteiger partial charge on any atom is 0.0558 e. The molecule has 0 aliphatic carbocycles. The van der Waals surface area contributed by atoms with Gasteiger partial charge in [-0.05, 0) is 37.1 Å². The number of halogens is 1. The van der Waals surface area contributed by atoms with E-state index in [2.05, 4.69) is 58.3 Å². The van der Waals surface area contributed by atoms with Crippen LogP contribution in [0.4, 0.5) is 0 Å². The van der Waals surface area contributed by atoms with E-state index in [1.165, 1.54) is 11.1 Å². The van der Waals surface area contributed by atoms with E-state index in [-0.39, 0.29) is 25.6 Å². The molecule has 27 heavy (non-hydrogen) atoms. The van der Waals surface area contributed by atoms with Crippen molar-refractivity contribution >= 4 is 12.4 Å². The number of aliphatic hydroxyl groups excluding tert-OH is 2. The molecule has 0 saturated heterocycles. The number of rotatable bonds is 13. The molecular formula is C22H33ClN2O2. The molecule has 0 radical (unpaired) electrons. The third-order valence-corrected chi connectivity index (χ3v) is 4.53. The third-order valence-electron chi connectivity index (χ3n) is 4.53. The van der Waals surface area contributed by atoms with E-state index in [0.717, 1.165) is 39.0 Å². The molecule has 0 unspecified atom stereocenters. The first-order valence-corrected chi connectivity index (χ1v) is 9.56. The molecule has 2 rings (SSSR count). The van der Waals surface area contributed by atoms with Crippen molar-refractivity contribution in [3.8, 4) is 0 Å². The van der Waals surface area contributed by atoms with Crippen molar-refractivity contribution in [2.24, 2.45) is 0 Å². The SMILES string of the molecule is Cl.OCCN(CCCCN(CCO)Cc1ccccc1)Cc1ccccc1. The second-order valence-electron chi connectivity index (χ2n) is 6.68. The molecule has 2 N–H and O–H groups in total. The lowest BCUT2D eigenvalue weighted by molar-refractivity contribution is 0.172. The molecular weight excluding hydrogens is 360 g/mol. The van der Waals surface area contributed by atoms with Crippen molar-refractivity contribution in [2.45, 2.75) is 25.9 Å². The van der Waals surface area contributed by atoms with Gasteiger partial charge in [0.1, 0.15) is 0 Å². The van der Waals surface area contributed by atoms with Crippen molar-refractivity contribution < 1.29 is 10.2 Å². The summed E-state index contributed by atoms with van der Waals surface area (Å²) in [6.07, 6.45) is 2.17. The molecule has 4 nitrogen and oxygen atoms in total. The Hall–Kier alpha value is -1.43. The van der Waals surface area contributed by atoms with Crippen LogP contribution in [0.2, 0.25) is 0 Å². The quantitative estimate of drug-likeness (QED) is 0.514. The minimum absolute atomic E-state index is 0. The van der Waals surface area contributed by atoms with Gasteiger partial charge in [-0.25, -0.2) is 0 Å². The lowest BCUT2D eigenvalue weighted by Gasteiger charge is -2.24. The first kappa shape index (κ1) is 23.6. The zero-order chi connectivity index (χ0) is 18.5. The molecule has 0 aromatic heterocycles. The van der Waals surface area contributed by atoms with E-state index in [4.69, 9.17) is 0 Å². The van der Waals surface area contributed by atoms with Gasteiger partial charge < -0.3 is 10.2 Å². The predicted octanol–water partition coefficient (Wildman–Crippen LogP) is 3.18. The summed E-state index contributed by atoms with van der Waals surface area (Å²) in [5.74, 6) is 0. The Morgan fingerprint density at radius 1 is 0.556 bits per heavy atom. The highest BCUT2D eigenvalue weighted by Gasteiger charge is 2.08. The van der Waals surface area contributed by atoms with E-state index in [9.17, 15) is 10.2 Å². The van der Waals surface area contributed by atoms with Crippen LogP contribution in [0.1, 0.15) is 24.0 Å². The maximum absolute atomic E-state index is 9.32. The average molecular weight is 393 g/mol. The van der Waals surface area contributed by atoms with Crippen LogP contribution in [-0.2, 0) is 13.1 Å². The van der Waals surface area contributed by atoms with E-state index >= 15 is 0 Å². The summed E-state index contributed by atoms with van der Waals surface area (Å²) in [7, 11) is 0. The summed E-state index contributed by atoms with van der Waals surface area (Å²) in [5.41, 5.74) is 2.57. The van der Waals surface area contributed by atoms with Crippen LogP contribution >= 0.6 is 12.4 Å². The third kappa shape index (κ3) is 9.89. The van der Waals surface area contributed by atoms with Gasteiger partial charge in [0.15, 0.2) is 0 Å². The molecule has 0 aliphatic rings. The first-order valence-electron chi connectivity index (χ1n) is 9.56. The van der Waals surface area contributed by atoms with E-state index < -0.39 is 0 Å². The van der Waals surface area contributed by atoms with Crippen LogP contribution in [0, 0.1) is 0 Å². The molecule has 0 aliphatic heterocycles. The fraction of sp³-hybridized carbons (Fsp3) is 0.455.